The number of rotatable bonds is 2. The third kappa shape index (κ3) is 3.13. The lowest BCUT2D eigenvalue weighted by Gasteiger charge is -2.26. The summed E-state index contributed by atoms with van der Waals surface area (Å²) in [6, 6.07) is 13.2. The summed E-state index contributed by atoms with van der Waals surface area (Å²) in [4.78, 5) is 30.4. The van der Waals surface area contributed by atoms with Crippen molar-refractivity contribution in [3.05, 3.63) is 87.2 Å². The fourth-order valence-corrected chi connectivity index (χ4v) is 5.21. The van der Waals surface area contributed by atoms with Crippen molar-refractivity contribution in [3.63, 3.8) is 0 Å². The Morgan fingerprint density at radius 2 is 1.83 bits per heavy atom. The molecule has 6 nitrogen and oxygen atoms in total. The first kappa shape index (κ1) is 21.6. The van der Waals surface area contributed by atoms with Crippen LogP contribution in [0.15, 0.2) is 53.3 Å². The van der Waals surface area contributed by atoms with Gasteiger partial charge in [-0.05, 0) is 35.2 Å². The van der Waals surface area contributed by atoms with Gasteiger partial charge < -0.3 is 14.4 Å². The lowest BCUT2D eigenvalue weighted by molar-refractivity contribution is -0.149. The molecule has 0 aliphatic carbocycles. The zero-order chi connectivity index (χ0) is 24.5. The highest BCUT2D eigenvalue weighted by Crippen LogP contribution is 2.43. The molecule has 4 heterocycles. The van der Waals surface area contributed by atoms with E-state index in [1.807, 2.05) is 30.3 Å². The van der Waals surface area contributed by atoms with Crippen molar-refractivity contribution in [1.29, 1.82) is 0 Å². The normalized spacial score (nSPS) is 18.6. The zero-order valence-corrected chi connectivity index (χ0v) is 18.8. The van der Waals surface area contributed by atoms with Crippen LogP contribution in [0.1, 0.15) is 36.5 Å². The van der Waals surface area contributed by atoms with E-state index in [0.717, 1.165) is 17.7 Å². The minimum Gasteiger partial charge on any atom is -0.460 e. The van der Waals surface area contributed by atoms with Crippen LogP contribution in [0.5, 0.6) is 0 Å². The number of aliphatic hydroxyl groups is 1. The van der Waals surface area contributed by atoms with E-state index in [9.17, 15) is 23.5 Å². The van der Waals surface area contributed by atoms with E-state index in [2.05, 4.69) is 4.98 Å². The SMILES string of the molecule is CC[C@@]1(O)CC(=O)OCc2c1cc1n(c2=O)Cc2c-1nc1cc(F)c(F)cc1c2-c1ccccc1. The molecule has 176 valence electrons. The van der Waals surface area contributed by atoms with Crippen molar-refractivity contribution in [2.75, 3.05) is 0 Å². The summed E-state index contributed by atoms with van der Waals surface area (Å²) >= 11 is 0. The topological polar surface area (TPSA) is 81.4 Å². The molecule has 2 aromatic carbocycles. The molecule has 0 saturated heterocycles. The number of cyclic esters (lactones) is 1. The van der Waals surface area contributed by atoms with Gasteiger partial charge in [0, 0.05) is 17.0 Å². The zero-order valence-electron chi connectivity index (χ0n) is 18.8. The molecular weight excluding hydrogens is 454 g/mol. The number of pyridine rings is 2. The Labute approximate surface area is 198 Å². The van der Waals surface area contributed by atoms with E-state index in [-0.39, 0.29) is 37.1 Å². The fraction of sp³-hybridized carbons (Fsp3) is 0.222. The Bertz CT molecular complexity index is 1610. The third-order valence-corrected chi connectivity index (χ3v) is 7.05. The van der Waals surface area contributed by atoms with Crippen LogP contribution in [0.3, 0.4) is 0 Å². The minimum absolute atomic E-state index is 0.154. The summed E-state index contributed by atoms with van der Waals surface area (Å²) in [6.45, 7) is 1.66. The molecule has 0 unspecified atom stereocenters. The number of hydrogen-bond acceptors (Lipinski definition) is 5. The predicted molar refractivity (Wildman–Crippen MR) is 124 cm³/mol. The van der Waals surface area contributed by atoms with Gasteiger partial charge in [0.05, 0.1) is 35.4 Å². The molecule has 6 rings (SSSR count). The Kier molecular flexibility index (Phi) is 4.66. The van der Waals surface area contributed by atoms with E-state index in [1.165, 1.54) is 4.57 Å². The van der Waals surface area contributed by atoms with Crippen molar-refractivity contribution in [2.45, 2.75) is 38.5 Å². The van der Waals surface area contributed by atoms with Crippen molar-refractivity contribution in [3.8, 4) is 22.5 Å². The summed E-state index contributed by atoms with van der Waals surface area (Å²) in [5, 5.41) is 11.7. The van der Waals surface area contributed by atoms with Gasteiger partial charge in [-0.3, -0.25) is 9.59 Å². The molecular formula is C27H20F2N2O4. The maximum absolute atomic E-state index is 14.3. The maximum atomic E-state index is 14.3. The molecule has 35 heavy (non-hydrogen) atoms. The van der Waals surface area contributed by atoms with Gasteiger partial charge in [-0.25, -0.2) is 13.8 Å². The van der Waals surface area contributed by atoms with Crippen molar-refractivity contribution >= 4 is 16.9 Å². The Morgan fingerprint density at radius 3 is 2.57 bits per heavy atom. The summed E-state index contributed by atoms with van der Waals surface area (Å²) in [5.74, 6) is -2.58. The van der Waals surface area contributed by atoms with Crippen LogP contribution < -0.4 is 5.56 Å². The first-order valence-corrected chi connectivity index (χ1v) is 11.3. The quantitative estimate of drug-likeness (QED) is 0.383. The highest BCUT2D eigenvalue weighted by molar-refractivity contribution is 5.99. The molecule has 0 fully saturated rings. The van der Waals surface area contributed by atoms with Crippen LogP contribution in [0.2, 0.25) is 0 Å². The van der Waals surface area contributed by atoms with E-state index in [4.69, 9.17) is 4.74 Å². The highest BCUT2D eigenvalue weighted by Gasteiger charge is 2.40. The Morgan fingerprint density at radius 1 is 1.09 bits per heavy atom. The minimum atomic E-state index is -1.56. The van der Waals surface area contributed by atoms with Gasteiger partial charge in [0.1, 0.15) is 12.2 Å². The van der Waals surface area contributed by atoms with Gasteiger partial charge in [0.15, 0.2) is 11.6 Å². The second-order valence-corrected chi connectivity index (χ2v) is 9.00. The number of carbonyl (C=O) groups is 1. The molecule has 1 atom stereocenters. The number of hydrogen-bond donors (Lipinski definition) is 1. The average Bonchev–Trinajstić information content (AvgIpc) is 3.15. The molecule has 4 aromatic rings. The smallest absolute Gasteiger partial charge is 0.309 e. The number of carbonyl (C=O) groups excluding carboxylic acids is 1. The van der Waals surface area contributed by atoms with E-state index < -0.39 is 28.8 Å². The second-order valence-electron chi connectivity index (χ2n) is 9.00. The van der Waals surface area contributed by atoms with E-state index in [1.54, 1.807) is 13.0 Å². The van der Waals surface area contributed by atoms with Crippen LogP contribution in [-0.2, 0) is 28.3 Å². The Balaban J connectivity index is 1.69. The van der Waals surface area contributed by atoms with Crippen LogP contribution >= 0.6 is 0 Å². The number of halogens is 2. The van der Waals surface area contributed by atoms with Crippen molar-refractivity contribution in [1.82, 2.24) is 9.55 Å². The molecule has 2 aliphatic heterocycles. The van der Waals surface area contributed by atoms with Gasteiger partial charge in [0.25, 0.3) is 5.56 Å². The first-order valence-electron chi connectivity index (χ1n) is 11.3. The van der Waals surface area contributed by atoms with Crippen molar-refractivity contribution in [2.24, 2.45) is 0 Å². The number of nitrogens with zero attached hydrogens (tertiary/aromatic N) is 2. The number of esters is 1. The van der Waals surface area contributed by atoms with Crippen LogP contribution in [0, 0.1) is 11.6 Å². The number of fused-ring (bicyclic) bond motifs is 5. The van der Waals surface area contributed by atoms with Gasteiger partial charge >= 0.3 is 5.97 Å². The van der Waals surface area contributed by atoms with Gasteiger partial charge in [-0.1, -0.05) is 37.3 Å². The van der Waals surface area contributed by atoms with Gasteiger partial charge in [-0.15, -0.1) is 0 Å². The molecule has 2 aliphatic rings. The van der Waals surface area contributed by atoms with Crippen LogP contribution in [-0.4, -0.2) is 20.6 Å². The average molecular weight is 474 g/mol. The van der Waals surface area contributed by atoms with Gasteiger partial charge in [-0.2, -0.15) is 0 Å². The molecule has 2 aromatic heterocycles. The fourth-order valence-electron chi connectivity index (χ4n) is 5.21. The van der Waals surface area contributed by atoms with Crippen molar-refractivity contribution < 1.29 is 23.4 Å². The molecule has 0 radical (unpaired) electrons. The summed E-state index contributed by atoms with van der Waals surface area (Å²) in [6.07, 6.45) is -0.0626. The largest absolute Gasteiger partial charge is 0.460 e. The third-order valence-electron chi connectivity index (χ3n) is 7.05. The molecule has 0 saturated carbocycles. The molecule has 0 amide bonds. The van der Waals surface area contributed by atoms with Crippen LogP contribution in [0.4, 0.5) is 8.78 Å². The highest BCUT2D eigenvalue weighted by atomic mass is 19.2. The molecule has 0 spiro atoms. The molecule has 1 N–H and O–H groups in total. The summed E-state index contributed by atoms with van der Waals surface area (Å²) in [7, 11) is 0. The molecule has 8 heteroatoms. The summed E-state index contributed by atoms with van der Waals surface area (Å²) < 4.78 is 35.2. The second kappa shape index (κ2) is 7.55. The van der Waals surface area contributed by atoms with E-state index in [0.29, 0.717) is 33.5 Å². The lowest BCUT2D eigenvalue weighted by Crippen LogP contribution is -2.32. The number of benzene rings is 2. The maximum Gasteiger partial charge on any atom is 0.309 e. The van der Waals surface area contributed by atoms with Gasteiger partial charge in [0.2, 0.25) is 0 Å². The first-order chi connectivity index (χ1) is 16.8. The monoisotopic (exact) mass is 474 g/mol. The number of aromatic nitrogens is 2. The Hall–Kier alpha value is -3.91. The molecule has 0 bridgehead atoms. The predicted octanol–water partition coefficient (Wildman–Crippen LogP) is 4.41. The van der Waals surface area contributed by atoms with Crippen LogP contribution in [0.25, 0.3) is 33.4 Å². The number of ether oxygens (including phenoxy) is 1. The lowest BCUT2D eigenvalue weighted by atomic mass is 9.85. The standard InChI is InChI=1S/C27H20F2N2O4/c1-2-27(34)11-23(32)35-13-17-18(27)9-22-25-16(12-31(22)26(17)33)24(14-6-4-3-5-7-14)15-8-19(28)20(29)10-21(15)30-25/h3-10,34H,2,11-13H2,1H3/t27-/m1/s1. The summed E-state index contributed by atoms with van der Waals surface area (Å²) in [5.41, 5.74) is 1.91. The van der Waals surface area contributed by atoms with E-state index >= 15 is 0 Å².